The van der Waals surface area contributed by atoms with Crippen LogP contribution in [0.2, 0.25) is 0 Å². The molecule has 10 heteroatoms. The summed E-state index contributed by atoms with van der Waals surface area (Å²) in [6, 6.07) is 12.4. The van der Waals surface area contributed by atoms with Crippen molar-refractivity contribution in [1.29, 1.82) is 0 Å². The van der Waals surface area contributed by atoms with Gasteiger partial charge in [0.05, 0.1) is 18.3 Å². The number of rotatable bonds is 11. The Kier molecular flexibility index (Phi) is 9.91. The molecule has 2 amide bonds. The highest BCUT2D eigenvalue weighted by molar-refractivity contribution is 5.88. The van der Waals surface area contributed by atoms with Crippen LogP contribution >= 0.6 is 12.4 Å². The fourth-order valence-electron chi connectivity index (χ4n) is 4.59. The number of fused-ring (bicyclic) bond motifs is 2. The minimum Gasteiger partial charge on any atom is -0.376 e. The van der Waals surface area contributed by atoms with E-state index in [0.29, 0.717) is 26.2 Å². The van der Waals surface area contributed by atoms with Crippen molar-refractivity contribution in [3.05, 3.63) is 59.3 Å². The molecule has 3 aromatic rings. The van der Waals surface area contributed by atoms with Crippen LogP contribution in [0.1, 0.15) is 30.5 Å². The zero-order chi connectivity index (χ0) is 25.7. The van der Waals surface area contributed by atoms with E-state index >= 15 is 0 Å². The molecule has 0 bridgehead atoms. The molecular weight excluding hydrogens is 490 g/mol. The zero-order valence-corrected chi connectivity index (χ0v) is 23.0. The quantitative estimate of drug-likeness (QED) is 0.373. The van der Waals surface area contributed by atoms with Crippen LogP contribution in [0.4, 0.5) is 5.69 Å². The fourth-order valence-corrected chi connectivity index (χ4v) is 4.59. The number of carbonyl (C=O) groups excluding carboxylic acids is 2. The zero-order valence-electron chi connectivity index (χ0n) is 22.2. The lowest BCUT2D eigenvalue weighted by Crippen LogP contribution is -2.49. The first kappa shape index (κ1) is 28.4. The highest BCUT2D eigenvalue weighted by atomic mass is 35.5. The molecular formula is C27H38ClN7O2. The van der Waals surface area contributed by atoms with Crippen molar-refractivity contribution < 1.29 is 9.59 Å². The Morgan fingerprint density at radius 1 is 1.08 bits per heavy atom. The van der Waals surface area contributed by atoms with Gasteiger partial charge >= 0.3 is 0 Å². The number of likely N-dealkylation sites (N-methyl/N-ethyl adjacent to an activating group) is 2. The first-order valence-electron chi connectivity index (χ1n) is 12.7. The second-order valence-electron chi connectivity index (χ2n) is 9.22. The maximum Gasteiger partial charge on any atom is 0.256 e. The molecule has 0 fully saturated rings. The van der Waals surface area contributed by atoms with Crippen LogP contribution in [0, 0.1) is 6.92 Å². The molecule has 0 unspecified atom stereocenters. The predicted octanol–water partition coefficient (Wildman–Crippen LogP) is 3.03. The van der Waals surface area contributed by atoms with Gasteiger partial charge in [0.25, 0.3) is 5.91 Å². The Hall–Kier alpha value is -3.14. The molecule has 37 heavy (non-hydrogen) atoms. The van der Waals surface area contributed by atoms with Crippen LogP contribution in [0.15, 0.2) is 42.6 Å². The standard InChI is InChI=1S/C27H37N7O2.ClH/c1-5-28-11-12-32(19-27(36)31(4)33-17-21-9-7-8-10-22(21)18-33)26(35)16-29-24-14-23-15-30-34(6-2)25(23)13-20(24)3;/h7-10,13-15,28-29H,5-6,11-12,16-19H2,1-4H3;1H. The van der Waals surface area contributed by atoms with E-state index in [9.17, 15) is 9.59 Å². The van der Waals surface area contributed by atoms with E-state index in [1.165, 1.54) is 11.1 Å². The molecule has 4 rings (SSSR count). The molecule has 1 aliphatic heterocycles. The number of hydrazine groups is 1. The number of aryl methyl sites for hydroxylation is 2. The number of hydrogen-bond acceptors (Lipinski definition) is 6. The SMILES string of the molecule is CCNCCN(CC(=O)N(C)N1Cc2ccccc2C1)C(=O)CNc1cc2cnn(CC)c2cc1C.Cl. The second kappa shape index (κ2) is 12.9. The van der Waals surface area contributed by atoms with Gasteiger partial charge in [-0.2, -0.15) is 5.10 Å². The first-order valence-corrected chi connectivity index (χ1v) is 12.7. The Balaban J connectivity index is 0.00000380. The monoisotopic (exact) mass is 527 g/mol. The Labute approximate surface area is 225 Å². The smallest absolute Gasteiger partial charge is 0.256 e. The van der Waals surface area contributed by atoms with Gasteiger partial charge in [-0.1, -0.05) is 31.2 Å². The van der Waals surface area contributed by atoms with Gasteiger partial charge in [-0.25, -0.2) is 5.01 Å². The number of amides is 2. The average Bonchev–Trinajstić information content (AvgIpc) is 3.49. The summed E-state index contributed by atoms with van der Waals surface area (Å²) in [4.78, 5) is 28.0. The number of carbonyl (C=O) groups is 2. The molecule has 0 spiro atoms. The van der Waals surface area contributed by atoms with Gasteiger partial charge < -0.3 is 15.5 Å². The van der Waals surface area contributed by atoms with E-state index in [2.05, 4.69) is 40.9 Å². The van der Waals surface area contributed by atoms with Gasteiger partial charge in [0.1, 0.15) is 6.54 Å². The third kappa shape index (κ3) is 6.60. The molecule has 200 valence electrons. The highest BCUT2D eigenvalue weighted by Crippen LogP contribution is 2.24. The normalized spacial score (nSPS) is 12.8. The predicted molar refractivity (Wildman–Crippen MR) is 149 cm³/mol. The van der Waals surface area contributed by atoms with Gasteiger partial charge in [-0.15, -0.1) is 12.4 Å². The van der Waals surface area contributed by atoms with Crippen LogP contribution in [0.3, 0.4) is 0 Å². The molecule has 2 heterocycles. The van der Waals surface area contributed by atoms with E-state index in [0.717, 1.165) is 35.2 Å². The Morgan fingerprint density at radius 3 is 2.43 bits per heavy atom. The van der Waals surface area contributed by atoms with Gasteiger partial charge in [-0.05, 0) is 49.2 Å². The van der Waals surface area contributed by atoms with E-state index in [4.69, 9.17) is 0 Å². The van der Waals surface area contributed by atoms with E-state index < -0.39 is 0 Å². The third-order valence-corrected chi connectivity index (χ3v) is 6.81. The van der Waals surface area contributed by atoms with Crippen LogP contribution in [0.25, 0.3) is 10.9 Å². The minimum absolute atomic E-state index is 0. The molecule has 0 saturated heterocycles. The lowest BCUT2D eigenvalue weighted by Gasteiger charge is -2.31. The lowest BCUT2D eigenvalue weighted by molar-refractivity contribution is -0.151. The number of nitrogens with one attached hydrogen (secondary N) is 2. The topological polar surface area (TPSA) is 85.7 Å². The summed E-state index contributed by atoms with van der Waals surface area (Å²) in [6.45, 7) is 10.4. The van der Waals surface area contributed by atoms with Crippen LogP contribution in [-0.4, -0.2) is 76.3 Å². The first-order chi connectivity index (χ1) is 17.4. The Morgan fingerprint density at radius 2 is 1.78 bits per heavy atom. The number of halogens is 1. The van der Waals surface area contributed by atoms with Crippen molar-refractivity contribution in [3.8, 4) is 0 Å². The molecule has 0 radical (unpaired) electrons. The van der Waals surface area contributed by atoms with Gasteiger partial charge in [-0.3, -0.25) is 19.3 Å². The molecule has 0 saturated carbocycles. The summed E-state index contributed by atoms with van der Waals surface area (Å²) in [6.07, 6.45) is 1.85. The van der Waals surface area contributed by atoms with Gasteiger partial charge in [0, 0.05) is 50.8 Å². The molecule has 1 aromatic heterocycles. The second-order valence-corrected chi connectivity index (χ2v) is 9.22. The highest BCUT2D eigenvalue weighted by Gasteiger charge is 2.27. The van der Waals surface area contributed by atoms with E-state index in [1.807, 2.05) is 47.9 Å². The van der Waals surface area contributed by atoms with Crippen molar-refractivity contribution in [2.24, 2.45) is 0 Å². The molecule has 1 aliphatic rings. The molecule has 2 aromatic carbocycles. The number of aromatic nitrogens is 2. The maximum atomic E-state index is 13.2. The van der Waals surface area contributed by atoms with Crippen LogP contribution in [-0.2, 0) is 29.2 Å². The minimum atomic E-state index is -0.108. The van der Waals surface area contributed by atoms with E-state index in [-0.39, 0.29) is 37.3 Å². The number of nitrogens with zero attached hydrogens (tertiary/aromatic N) is 5. The van der Waals surface area contributed by atoms with Crippen molar-refractivity contribution >= 4 is 40.8 Å². The van der Waals surface area contributed by atoms with Crippen LogP contribution < -0.4 is 10.6 Å². The summed E-state index contributed by atoms with van der Waals surface area (Å²) in [7, 11) is 1.79. The fraction of sp³-hybridized carbons (Fsp3) is 0.444. The summed E-state index contributed by atoms with van der Waals surface area (Å²) < 4.78 is 1.96. The van der Waals surface area contributed by atoms with Crippen molar-refractivity contribution in [3.63, 3.8) is 0 Å². The maximum absolute atomic E-state index is 13.2. The third-order valence-electron chi connectivity index (χ3n) is 6.81. The summed E-state index contributed by atoms with van der Waals surface area (Å²) in [5, 5.41) is 15.7. The number of benzene rings is 2. The van der Waals surface area contributed by atoms with Crippen molar-refractivity contribution in [1.82, 2.24) is 30.0 Å². The van der Waals surface area contributed by atoms with E-state index in [1.54, 1.807) is 17.0 Å². The number of anilines is 1. The molecule has 2 N–H and O–H groups in total. The Bertz CT molecular complexity index is 1200. The molecule has 0 atom stereocenters. The largest absolute Gasteiger partial charge is 0.376 e. The van der Waals surface area contributed by atoms with Crippen LogP contribution in [0.5, 0.6) is 0 Å². The van der Waals surface area contributed by atoms with Gasteiger partial charge in [0.2, 0.25) is 5.91 Å². The van der Waals surface area contributed by atoms with Gasteiger partial charge in [0.15, 0.2) is 0 Å². The summed E-state index contributed by atoms with van der Waals surface area (Å²) >= 11 is 0. The summed E-state index contributed by atoms with van der Waals surface area (Å²) in [5.41, 5.74) is 5.50. The summed E-state index contributed by atoms with van der Waals surface area (Å²) in [5.74, 6) is -0.208. The lowest BCUT2D eigenvalue weighted by atomic mass is 10.1. The number of hydrogen-bond donors (Lipinski definition) is 2. The molecule has 0 aliphatic carbocycles. The average molecular weight is 528 g/mol. The molecule has 9 nitrogen and oxygen atoms in total. The van der Waals surface area contributed by atoms with Crippen molar-refractivity contribution in [2.75, 3.05) is 45.1 Å². The van der Waals surface area contributed by atoms with Crippen molar-refractivity contribution in [2.45, 2.75) is 40.4 Å².